The van der Waals surface area contributed by atoms with Crippen LogP contribution in [0.25, 0.3) is 0 Å². The first-order chi connectivity index (χ1) is 13.8. The number of sulfonamides is 1. The van der Waals surface area contributed by atoms with E-state index in [9.17, 15) is 18.5 Å². The molecule has 6 fully saturated rings. The molecule has 4 saturated carbocycles. The number of hydrogen-bond acceptors (Lipinski definition) is 5. The monoisotopic (exact) mass is 420 g/mol. The Morgan fingerprint density at radius 2 is 1.90 bits per heavy atom. The van der Waals surface area contributed by atoms with Crippen molar-refractivity contribution in [3.05, 3.63) is 0 Å². The molecule has 8 heteroatoms. The largest absolute Gasteiger partial charge is 0.326 e. The Bertz CT molecular complexity index is 821. The predicted octanol–water partition coefficient (Wildman–Crippen LogP) is 1.47. The third-order valence-electron chi connectivity index (χ3n) is 8.23. The molecule has 7 nitrogen and oxygen atoms in total. The summed E-state index contributed by atoms with van der Waals surface area (Å²) >= 11 is 0. The van der Waals surface area contributed by atoms with Crippen LogP contribution < -0.4 is 5.32 Å². The van der Waals surface area contributed by atoms with Crippen molar-refractivity contribution in [2.45, 2.75) is 69.4 Å². The van der Waals surface area contributed by atoms with Crippen LogP contribution in [0.5, 0.6) is 0 Å². The van der Waals surface area contributed by atoms with E-state index in [2.05, 4.69) is 11.4 Å². The van der Waals surface area contributed by atoms with Gasteiger partial charge in [0.2, 0.25) is 15.9 Å². The Hall–Kier alpha value is -1.17. The van der Waals surface area contributed by atoms with Gasteiger partial charge in [0.15, 0.2) is 0 Å². The molecular formula is C21H32N4O3S. The van der Waals surface area contributed by atoms with Crippen molar-refractivity contribution in [1.82, 2.24) is 14.5 Å². The van der Waals surface area contributed by atoms with Crippen LogP contribution in [-0.4, -0.2) is 67.0 Å². The number of likely N-dealkylation sites (tertiary alicyclic amines) is 1. The lowest BCUT2D eigenvalue weighted by Gasteiger charge is -2.63. The number of rotatable bonds is 5. The average Bonchev–Trinajstić information content (AvgIpc) is 3.25. The van der Waals surface area contributed by atoms with E-state index in [-0.39, 0.29) is 22.9 Å². The molecule has 29 heavy (non-hydrogen) atoms. The summed E-state index contributed by atoms with van der Waals surface area (Å²) in [5, 5.41) is 12.9. The number of amides is 1. The van der Waals surface area contributed by atoms with Crippen molar-refractivity contribution in [3.8, 4) is 6.07 Å². The third-order valence-corrected chi connectivity index (χ3v) is 10.1. The normalized spacial score (nSPS) is 43.0. The van der Waals surface area contributed by atoms with Gasteiger partial charge in [-0.2, -0.15) is 5.26 Å². The van der Waals surface area contributed by atoms with Crippen LogP contribution in [0, 0.1) is 28.6 Å². The minimum Gasteiger partial charge on any atom is -0.326 e. The number of nitrogens with zero attached hydrogens (tertiary/aromatic N) is 3. The minimum absolute atomic E-state index is 0.0366. The molecule has 0 aromatic carbocycles. The molecule has 1 N–H and O–H groups in total. The van der Waals surface area contributed by atoms with Crippen LogP contribution >= 0.6 is 0 Å². The first-order valence-corrected chi connectivity index (χ1v) is 12.9. The summed E-state index contributed by atoms with van der Waals surface area (Å²) in [6.45, 7) is 2.33. The lowest BCUT2D eigenvalue weighted by atomic mass is 9.47. The molecule has 3 atom stereocenters. The molecule has 2 aliphatic heterocycles. The van der Waals surface area contributed by atoms with Crippen molar-refractivity contribution in [3.63, 3.8) is 0 Å². The van der Waals surface area contributed by atoms with E-state index < -0.39 is 10.0 Å². The molecule has 2 unspecified atom stereocenters. The first-order valence-electron chi connectivity index (χ1n) is 11.2. The van der Waals surface area contributed by atoms with E-state index in [0.29, 0.717) is 43.8 Å². The maximum absolute atomic E-state index is 12.8. The van der Waals surface area contributed by atoms with Gasteiger partial charge in [0.25, 0.3) is 0 Å². The zero-order chi connectivity index (χ0) is 20.3. The zero-order valence-electron chi connectivity index (χ0n) is 17.1. The highest BCUT2D eigenvalue weighted by Crippen LogP contribution is 2.62. The summed E-state index contributed by atoms with van der Waals surface area (Å²) in [7, 11) is -3.07. The van der Waals surface area contributed by atoms with Crippen LogP contribution in [0.4, 0.5) is 0 Å². The summed E-state index contributed by atoms with van der Waals surface area (Å²) in [6.07, 6.45) is 9.16. The molecule has 1 amide bonds. The van der Waals surface area contributed by atoms with Crippen molar-refractivity contribution in [2.24, 2.45) is 17.3 Å². The lowest BCUT2D eigenvalue weighted by molar-refractivity contribution is -0.132. The molecular weight excluding hydrogens is 388 g/mol. The quantitative estimate of drug-likeness (QED) is 0.727. The average molecular weight is 421 g/mol. The van der Waals surface area contributed by atoms with Gasteiger partial charge in [0, 0.05) is 25.2 Å². The second-order valence-electron chi connectivity index (χ2n) is 10.5. The van der Waals surface area contributed by atoms with Crippen molar-refractivity contribution < 1.29 is 13.2 Å². The lowest BCUT2D eigenvalue weighted by Crippen LogP contribution is -2.65. The maximum atomic E-state index is 12.8. The van der Waals surface area contributed by atoms with Crippen LogP contribution in [0.15, 0.2) is 0 Å². The third kappa shape index (κ3) is 3.49. The number of nitriles is 1. The predicted molar refractivity (Wildman–Crippen MR) is 108 cm³/mol. The summed E-state index contributed by atoms with van der Waals surface area (Å²) in [5.41, 5.74) is 0.0332. The Morgan fingerprint density at radius 3 is 2.55 bits per heavy atom. The van der Waals surface area contributed by atoms with Gasteiger partial charge < -0.3 is 10.2 Å². The van der Waals surface area contributed by atoms with Crippen LogP contribution in [-0.2, 0) is 14.8 Å². The highest BCUT2D eigenvalue weighted by molar-refractivity contribution is 7.89. The fraction of sp³-hybridized carbons (Fsp3) is 0.905. The topological polar surface area (TPSA) is 93.5 Å². The van der Waals surface area contributed by atoms with Crippen molar-refractivity contribution >= 4 is 15.9 Å². The molecule has 2 saturated heterocycles. The molecule has 0 spiro atoms. The highest BCUT2D eigenvalue weighted by atomic mass is 32.2. The first kappa shape index (κ1) is 19.8. The minimum atomic E-state index is -3.07. The summed E-state index contributed by atoms with van der Waals surface area (Å²) in [4.78, 5) is 14.5. The SMILES string of the molecule is N#C[C@@H]1CCCN1C(=O)CNC12CC3CC(CC(CN4CCCS4(=O)=O)(C3)C1)C2. The Labute approximate surface area is 173 Å². The summed E-state index contributed by atoms with van der Waals surface area (Å²) < 4.78 is 26.6. The molecule has 0 aromatic rings. The van der Waals surface area contributed by atoms with E-state index in [1.54, 1.807) is 9.21 Å². The fourth-order valence-corrected chi connectivity index (χ4v) is 9.28. The Morgan fingerprint density at radius 1 is 1.14 bits per heavy atom. The summed E-state index contributed by atoms with van der Waals surface area (Å²) in [5.74, 6) is 1.62. The van der Waals surface area contributed by atoms with Crippen LogP contribution in [0.2, 0.25) is 0 Å². The van der Waals surface area contributed by atoms with Crippen molar-refractivity contribution in [2.75, 3.05) is 31.9 Å². The van der Waals surface area contributed by atoms with Crippen LogP contribution in [0.3, 0.4) is 0 Å². The smallest absolute Gasteiger partial charge is 0.237 e. The van der Waals surface area contributed by atoms with Gasteiger partial charge in [-0.05, 0) is 75.0 Å². The fourth-order valence-electron chi connectivity index (χ4n) is 7.65. The number of carbonyl (C=O) groups excluding carboxylic acids is 1. The second-order valence-corrected chi connectivity index (χ2v) is 12.6. The standard InChI is InChI=1S/C21H32N4O3S/c22-12-18-3-1-5-25(18)19(26)13-23-21-10-16-7-17(11-21)9-20(8-16,14-21)15-24-4-2-6-29(24,27)28/h16-18,23H,1-11,13-15H2/t16?,17?,18-,20?,21?/m0/s1. The van der Waals surface area contributed by atoms with Crippen molar-refractivity contribution in [1.29, 1.82) is 5.26 Å². The van der Waals surface area contributed by atoms with Gasteiger partial charge in [-0.3, -0.25) is 4.79 Å². The van der Waals surface area contributed by atoms with Gasteiger partial charge in [0.05, 0.1) is 18.4 Å². The van der Waals surface area contributed by atoms with Gasteiger partial charge in [-0.15, -0.1) is 0 Å². The molecule has 0 aromatic heterocycles. The van der Waals surface area contributed by atoms with E-state index in [1.165, 1.54) is 6.42 Å². The second kappa shape index (κ2) is 6.93. The molecule has 6 aliphatic rings. The molecule has 2 heterocycles. The van der Waals surface area contributed by atoms with Gasteiger partial charge in [-0.25, -0.2) is 12.7 Å². The van der Waals surface area contributed by atoms with Gasteiger partial charge in [0.1, 0.15) is 6.04 Å². The number of hydrogen-bond donors (Lipinski definition) is 1. The van der Waals surface area contributed by atoms with E-state index in [4.69, 9.17) is 0 Å². The number of carbonyl (C=O) groups is 1. The van der Waals surface area contributed by atoms with E-state index in [0.717, 1.165) is 51.4 Å². The molecule has 160 valence electrons. The maximum Gasteiger partial charge on any atom is 0.237 e. The van der Waals surface area contributed by atoms with E-state index in [1.807, 2.05) is 0 Å². The molecule has 4 bridgehead atoms. The summed E-state index contributed by atoms with van der Waals surface area (Å²) in [6, 6.07) is 1.99. The van der Waals surface area contributed by atoms with E-state index >= 15 is 0 Å². The highest BCUT2D eigenvalue weighted by Gasteiger charge is 2.58. The number of nitrogens with one attached hydrogen (secondary N) is 1. The Balaban J connectivity index is 1.29. The molecule has 4 aliphatic carbocycles. The Kier molecular flexibility index (Phi) is 4.72. The van der Waals surface area contributed by atoms with Gasteiger partial charge in [-0.1, -0.05) is 0 Å². The zero-order valence-corrected chi connectivity index (χ0v) is 17.9. The molecule has 6 rings (SSSR count). The van der Waals surface area contributed by atoms with Gasteiger partial charge >= 0.3 is 0 Å². The van der Waals surface area contributed by atoms with Crippen LogP contribution in [0.1, 0.15) is 57.8 Å². The molecule has 0 radical (unpaired) electrons.